The van der Waals surface area contributed by atoms with Crippen molar-refractivity contribution in [3.05, 3.63) is 41.6 Å². The molecule has 27 heavy (non-hydrogen) atoms. The molecule has 1 aromatic carbocycles. The summed E-state index contributed by atoms with van der Waals surface area (Å²) >= 11 is 0. The lowest BCUT2D eigenvalue weighted by Crippen LogP contribution is -2.57. The Balaban J connectivity index is 1.84. The number of nitrogens with zero attached hydrogens (tertiary/aromatic N) is 3. The minimum absolute atomic E-state index is 0.00669. The van der Waals surface area contributed by atoms with Gasteiger partial charge in [0.1, 0.15) is 5.75 Å². The van der Waals surface area contributed by atoms with Gasteiger partial charge in [-0.05, 0) is 51.1 Å². The lowest BCUT2D eigenvalue weighted by atomic mass is 10.0. The molecule has 2 atom stereocenters. The number of phenols is 1. The average molecular weight is 365 g/mol. The summed E-state index contributed by atoms with van der Waals surface area (Å²) < 4.78 is 0. The van der Waals surface area contributed by atoms with E-state index in [2.05, 4.69) is 34.3 Å². The number of aromatic nitrogens is 3. The van der Waals surface area contributed by atoms with Gasteiger partial charge in [-0.2, -0.15) is 5.10 Å². The van der Waals surface area contributed by atoms with Gasteiger partial charge >= 0.3 is 0 Å². The van der Waals surface area contributed by atoms with Crippen LogP contribution in [0.1, 0.15) is 29.9 Å². The molecule has 1 aliphatic heterocycles. The number of fused-ring (bicyclic) bond motifs is 1. The third kappa shape index (κ3) is 3.04. The van der Waals surface area contributed by atoms with Gasteiger partial charge in [0.15, 0.2) is 5.65 Å². The summed E-state index contributed by atoms with van der Waals surface area (Å²) in [6, 6.07) is 8.95. The molecule has 1 amide bonds. The number of rotatable bonds is 2. The number of carbonyl (C=O) groups is 1. The van der Waals surface area contributed by atoms with Gasteiger partial charge in [0.2, 0.25) is 0 Å². The molecule has 1 saturated heterocycles. The molecule has 0 bridgehead atoms. The number of aryl methyl sites for hydroxylation is 1. The highest BCUT2D eigenvalue weighted by molar-refractivity contribution is 6.07. The van der Waals surface area contributed by atoms with Crippen LogP contribution in [-0.2, 0) is 0 Å². The van der Waals surface area contributed by atoms with Crippen LogP contribution in [0.15, 0.2) is 30.3 Å². The molecule has 1 fully saturated rings. The van der Waals surface area contributed by atoms with Crippen molar-refractivity contribution in [2.24, 2.45) is 0 Å². The quantitative estimate of drug-likeness (QED) is 0.649. The Hall–Kier alpha value is -2.93. The Morgan fingerprint density at radius 1 is 1.26 bits per heavy atom. The second kappa shape index (κ2) is 6.66. The van der Waals surface area contributed by atoms with Gasteiger partial charge in [0.25, 0.3) is 5.91 Å². The molecule has 0 spiro atoms. The molecule has 7 heteroatoms. The van der Waals surface area contributed by atoms with Crippen LogP contribution in [0, 0.1) is 6.92 Å². The summed E-state index contributed by atoms with van der Waals surface area (Å²) in [5.41, 5.74) is 3.45. The predicted molar refractivity (Wildman–Crippen MR) is 104 cm³/mol. The molecule has 3 aromatic rings. The normalized spacial score (nSPS) is 20.2. The molecule has 0 aliphatic carbocycles. The van der Waals surface area contributed by atoms with Crippen molar-refractivity contribution in [2.45, 2.75) is 32.9 Å². The first-order valence-electron chi connectivity index (χ1n) is 9.15. The number of phenolic OH excluding ortho intramolecular Hbond substituents is 1. The topological polar surface area (TPSA) is 94.1 Å². The second-order valence-corrected chi connectivity index (χ2v) is 7.13. The number of H-pyrrole nitrogens is 1. The summed E-state index contributed by atoms with van der Waals surface area (Å²) in [6.45, 7) is 7.51. The van der Waals surface area contributed by atoms with Crippen LogP contribution in [0.3, 0.4) is 0 Å². The minimum Gasteiger partial charge on any atom is -0.508 e. The number of aromatic amines is 1. The van der Waals surface area contributed by atoms with Crippen LogP contribution in [0.2, 0.25) is 0 Å². The first-order valence-corrected chi connectivity index (χ1v) is 9.15. The van der Waals surface area contributed by atoms with Crippen molar-refractivity contribution >= 4 is 16.9 Å². The van der Waals surface area contributed by atoms with Crippen LogP contribution in [0.25, 0.3) is 22.3 Å². The van der Waals surface area contributed by atoms with E-state index < -0.39 is 0 Å². The van der Waals surface area contributed by atoms with E-state index >= 15 is 0 Å². The number of carbonyl (C=O) groups excluding carboxylic acids is 1. The first kappa shape index (κ1) is 17.5. The molecule has 2 unspecified atom stereocenters. The number of hydrogen-bond acceptors (Lipinski definition) is 5. The summed E-state index contributed by atoms with van der Waals surface area (Å²) in [5, 5.41) is 20.9. The fourth-order valence-corrected chi connectivity index (χ4v) is 3.62. The highest BCUT2D eigenvalue weighted by Crippen LogP contribution is 2.28. The molecule has 140 valence electrons. The van der Waals surface area contributed by atoms with Crippen molar-refractivity contribution in [2.75, 3.05) is 13.1 Å². The zero-order valence-electron chi connectivity index (χ0n) is 15.7. The Labute approximate surface area is 157 Å². The Morgan fingerprint density at radius 3 is 2.74 bits per heavy atom. The van der Waals surface area contributed by atoms with E-state index in [0.29, 0.717) is 23.4 Å². The van der Waals surface area contributed by atoms with Crippen molar-refractivity contribution in [3.63, 3.8) is 0 Å². The molecule has 4 rings (SSSR count). The molecule has 0 saturated carbocycles. The van der Waals surface area contributed by atoms with Gasteiger partial charge in [-0.1, -0.05) is 0 Å². The number of benzene rings is 1. The number of piperazine rings is 1. The molecule has 0 radical (unpaired) electrons. The summed E-state index contributed by atoms with van der Waals surface area (Å²) in [6.07, 6.45) is 0. The number of aromatic hydroxyl groups is 1. The Morgan fingerprint density at radius 2 is 2.00 bits per heavy atom. The van der Waals surface area contributed by atoms with Gasteiger partial charge in [-0.3, -0.25) is 9.89 Å². The smallest absolute Gasteiger partial charge is 0.255 e. The molecule has 1 aliphatic rings. The lowest BCUT2D eigenvalue weighted by Gasteiger charge is -2.38. The van der Waals surface area contributed by atoms with E-state index in [0.717, 1.165) is 23.2 Å². The maximum atomic E-state index is 13.4. The van der Waals surface area contributed by atoms with E-state index in [4.69, 9.17) is 0 Å². The van der Waals surface area contributed by atoms with Crippen LogP contribution >= 0.6 is 0 Å². The van der Waals surface area contributed by atoms with Gasteiger partial charge in [0, 0.05) is 36.4 Å². The van der Waals surface area contributed by atoms with E-state index in [-0.39, 0.29) is 23.7 Å². The van der Waals surface area contributed by atoms with E-state index in [1.807, 2.05) is 17.9 Å². The fraction of sp³-hybridized carbons (Fsp3) is 0.350. The number of hydrogen-bond donors (Lipinski definition) is 3. The van der Waals surface area contributed by atoms with Crippen molar-refractivity contribution < 1.29 is 9.90 Å². The maximum absolute atomic E-state index is 13.4. The van der Waals surface area contributed by atoms with Crippen molar-refractivity contribution in [1.29, 1.82) is 0 Å². The third-order valence-corrected chi connectivity index (χ3v) is 5.39. The predicted octanol–water partition coefficient (Wildman–Crippen LogP) is 2.46. The Bertz CT molecular complexity index is 996. The number of pyridine rings is 1. The lowest BCUT2D eigenvalue weighted by molar-refractivity contribution is 0.0605. The van der Waals surface area contributed by atoms with Gasteiger partial charge in [-0.25, -0.2) is 4.98 Å². The number of nitrogens with one attached hydrogen (secondary N) is 2. The van der Waals surface area contributed by atoms with Gasteiger partial charge < -0.3 is 15.3 Å². The van der Waals surface area contributed by atoms with Crippen molar-refractivity contribution in [1.82, 2.24) is 25.4 Å². The molecule has 3 heterocycles. The van der Waals surface area contributed by atoms with Crippen LogP contribution in [0.5, 0.6) is 5.75 Å². The maximum Gasteiger partial charge on any atom is 0.255 e. The number of amides is 1. The molecule has 3 N–H and O–H groups in total. The van der Waals surface area contributed by atoms with Crippen LogP contribution < -0.4 is 5.32 Å². The van der Waals surface area contributed by atoms with Crippen LogP contribution in [0.4, 0.5) is 0 Å². The SMILES string of the molecule is Cc1[nH]nc2nc(-c3ccc(O)cc3)cc(C(=O)N3CCNC(C)C3C)c12. The first-order chi connectivity index (χ1) is 13.0. The molecular formula is C20H23N5O2. The zero-order valence-corrected chi connectivity index (χ0v) is 15.7. The molecular weight excluding hydrogens is 342 g/mol. The zero-order chi connectivity index (χ0) is 19.1. The summed E-state index contributed by atoms with van der Waals surface area (Å²) in [7, 11) is 0. The van der Waals surface area contributed by atoms with Gasteiger partial charge in [0.05, 0.1) is 16.6 Å². The monoisotopic (exact) mass is 365 g/mol. The largest absolute Gasteiger partial charge is 0.508 e. The summed E-state index contributed by atoms with van der Waals surface area (Å²) in [4.78, 5) is 20.0. The van der Waals surface area contributed by atoms with Gasteiger partial charge in [-0.15, -0.1) is 0 Å². The minimum atomic E-state index is -0.00669. The van der Waals surface area contributed by atoms with Crippen molar-refractivity contribution in [3.8, 4) is 17.0 Å². The molecule has 2 aromatic heterocycles. The average Bonchev–Trinajstić information content (AvgIpc) is 3.04. The third-order valence-electron chi connectivity index (χ3n) is 5.39. The standard InChI is InChI=1S/C20H23N5O2/c1-11-13(3)25(9-8-21-11)20(27)16-10-17(14-4-6-15(26)7-5-14)22-19-18(16)12(2)23-24-19/h4-7,10-11,13,21,26H,8-9H2,1-3H3,(H,22,23,24). The summed E-state index contributed by atoms with van der Waals surface area (Å²) in [5.74, 6) is 0.183. The van der Waals surface area contributed by atoms with Crippen LogP contribution in [-0.4, -0.2) is 56.3 Å². The highest BCUT2D eigenvalue weighted by Gasteiger charge is 2.30. The van der Waals surface area contributed by atoms with E-state index in [1.54, 1.807) is 24.3 Å². The van der Waals surface area contributed by atoms with E-state index in [1.165, 1.54) is 0 Å². The Kier molecular flexibility index (Phi) is 4.31. The second-order valence-electron chi connectivity index (χ2n) is 7.13. The highest BCUT2D eigenvalue weighted by atomic mass is 16.3. The fourth-order valence-electron chi connectivity index (χ4n) is 3.62. The van der Waals surface area contributed by atoms with E-state index in [9.17, 15) is 9.90 Å². The molecule has 7 nitrogen and oxygen atoms in total.